The molecular formula is C13H16ClNO3. The second-order valence-electron chi connectivity index (χ2n) is 4.83. The van der Waals surface area contributed by atoms with Gasteiger partial charge in [0.2, 0.25) is 0 Å². The number of hydrogen-bond donors (Lipinski definition) is 1. The molecule has 1 aromatic rings. The Morgan fingerprint density at radius 1 is 1.56 bits per heavy atom. The summed E-state index contributed by atoms with van der Waals surface area (Å²) in [6, 6.07) is 4.97. The third kappa shape index (κ3) is 2.76. The van der Waals surface area contributed by atoms with Crippen molar-refractivity contribution < 1.29 is 14.3 Å². The Morgan fingerprint density at radius 2 is 2.28 bits per heavy atom. The molecule has 1 aromatic carbocycles. The first-order valence-electron chi connectivity index (χ1n) is 5.74. The van der Waals surface area contributed by atoms with E-state index in [0.717, 1.165) is 0 Å². The number of halogens is 1. The van der Waals surface area contributed by atoms with Gasteiger partial charge in [0, 0.05) is 17.0 Å². The van der Waals surface area contributed by atoms with Crippen LogP contribution in [-0.4, -0.2) is 32.8 Å². The smallest absolute Gasteiger partial charge is 0.255 e. The van der Waals surface area contributed by atoms with Gasteiger partial charge in [-0.1, -0.05) is 18.5 Å². The van der Waals surface area contributed by atoms with Gasteiger partial charge in [-0.3, -0.25) is 4.79 Å². The van der Waals surface area contributed by atoms with Crippen LogP contribution >= 0.6 is 11.6 Å². The van der Waals surface area contributed by atoms with E-state index in [-0.39, 0.29) is 11.3 Å². The Balaban J connectivity index is 2.04. The van der Waals surface area contributed by atoms with Gasteiger partial charge >= 0.3 is 0 Å². The van der Waals surface area contributed by atoms with Crippen molar-refractivity contribution in [2.75, 3.05) is 26.9 Å². The molecule has 0 unspecified atom stereocenters. The van der Waals surface area contributed by atoms with Gasteiger partial charge in [-0.05, 0) is 18.2 Å². The number of ether oxygens (including phenoxy) is 2. The molecule has 0 radical (unpaired) electrons. The number of hydrogen-bond acceptors (Lipinski definition) is 3. The van der Waals surface area contributed by atoms with E-state index in [1.165, 1.54) is 7.11 Å². The average Bonchev–Trinajstić information content (AvgIpc) is 2.33. The van der Waals surface area contributed by atoms with Crippen LogP contribution in [0.25, 0.3) is 0 Å². The first kappa shape index (κ1) is 13.2. The van der Waals surface area contributed by atoms with Gasteiger partial charge in [0.15, 0.2) is 0 Å². The highest BCUT2D eigenvalue weighted by molar-refractivity contribution is 6.30. The molecule has 2 rings (SSSR count). The van der Waals surface area contributed by atoms with E-state index in [1.807, 2.05) is 0 Å². The zero-order chi connectivity index (χ0) is 13.2. The molecule has 0 bridgehead atoms. The number of carbonyl (C=O) groups excluding carboxylic acids is 1. The van der Waals surface area contributed by atoms with Crippen LogP contribution < -0.4 is 10.1 Å². The SMILES string of the molecule is COc1cc(Cl)ccc1C(=O)NCC1(C)COC1. The molecule has 0 aromatic heterocycles. The number of methoxy groups -OCH3 is 1. The van der Waals surface area contributed by atoms with E-state index in [9.17, 15) is 4.79 Å². The minimum absolute atomic E-state index is 0.0509. The highest BCUT2D eigenvalue weighted by atomic mass is 35.5. The van der Waals surface area contributed by atoms with Crippen molar-refractivity contribution in [2.24, 2.45) is 5.41 Å². The topological polar surface area (TPSA) is 47.6 Å². The number of benzene rings is 1. The molecule has 0 aliphatic carbocycles. The second-order valence-corrected chi connectivity index (χ2v) is 5.27. The Morgan fingerprint density at radius 3 is 2.83 bits per heavy atom. The van der Waals surface area contributed by atoms with Gasteiger partial charge in [0.1, 0.15) is 5.75 Å². The standard InChI is InChI=1S/C13H16ClNO3/c1-13(7-18-8-13)6-15-12(16)10-4-3-9(14)5-11(10)17-2/h3-5H,6-8H2,1-2H3,(H,15,16). The van der Waals surface area contributed by atoms with Crippen LogP contribution in [-0.2, 0) is 4.74 Å². The highest BCUT2D eigenvalue weighted by Gasteiger charge is 2.33. The average molecular weight is 270 g/mol. The predicted octanol–water partition coefficient (Wildman–Crippen LogP) is 2.11. The molecular weight excluding hydrogens is 254 g/mol. The van der Waals surface area contributed by atoms with Crippen LogP contribution in [0.1, 0.15) is 17.3 Å². The van der Waals surface area contributed by atoms with Crippen molar-refractivity contribution in [1.82, 2.24) is 5.32 Å². The molecule has 1 fully saturated rings. The summed E-state index contributed by atoms with van der Waals surface area (Å²) < 4.78 is 10.3. The molecule has 1 amide bonds. The molecule has 4 nitrogen and oxygen atoms in total. The fourth-order valence-electron chi connectivity index (χ4n) is 1.79. The molecule has 0 spiro atoms. The fraction of sp³-hybridized carbons (Fsp3) is 0.462. The highest BCUT2D eigenvalue weighted by Crippen LogP contribution is 2.26. The van der Waals surface area contributed by atoms with Crippen LogP contribution in [0.15, 0.2) is 18.2 Å². The van der Waals surface area contributed by atoms with Gasteiger partial charge in [-0.2, -0.15) is 0 Å². The summed E-state index contributed by atoms with van der Waals surface area (Å²) in [6.45, 7) is 4.05. The van der Waals surface area contributed by atoms with Crippen LogP contribution in [0.4, 0.5) is 0 Å². The number of amides is 1. The first-order chi connectivity index (χ1) is 8.54. The monoisotopic (exact) mass is 269 g/mol. The summed E-state index contributed by atoms with van der Waals surface area (Å²) in [5.74, 6) is 0.326. The Hall–Kier alpha value is -1.26. The minimum atomic E-state index is -0.156. The van der Waals surface area contributed by atoms with E-state index >= 15 is 0 Å². The maximum atomic E-state index is 12.0. The lowest BCUT2D eigenvalue weighted by Crippen LogP contribution is -2.48. The zero-order valence-electron chi connectivity index (χ0n) is 10.5. The largest absolute Gasteiger partial charge is 0.496 e. The van der Waals surface area contributed by atoms with Crippen molar-refractivity contribution in [3.05, 3.63) is 28.8 Å². The lowest BCUT2D eigenvalue weighted by atomic mass is 9.88. The first-order valence-corrected chi connectivity index (χ1v) is 6.11. The molecule has 1 heterocycles. The third-order valence-electron chi connectivity index (χ3n) is 2.98. The summed E-state index contributed by atoms with van der Waals surface area (Å²) >= 11 is 5.85. The number of rotatable bonds is 4. The summed E-state index contributed by atoms with van der Waals surface area (Å²) in [5.41, 5.74) is 0.542. The van der Waals surface area contributed by atoms with Crippen LogP contribution in [0.2, 0.25) is 5.02 Å². The fourth-order valence-corrected chi connectivity index (χ4v) is 1.96. The molecule has 0 atom stereocenters. The quantitative estimate of drug-likeness (QED) is 0.911. The van der Waals surface area contributed by atoms with Gasteiger partial charge in [0.05, 0.1) is 25.9 Å². The number of nitrogens with one attached hydrogen (secondary N) is 1. The van der Waals surface area contributed by atoms with E-state index < -0.39 is 0 Å². The maximum absolute atomic E-state index is 12.0. The molecule has 5 heteroatoms. The molecule has 18 heavy (non-hydrogen) atoms. The van der Waals surface area contributed by atoms with Crippen molar-refractivity contribution in [1.29, 1.82) is 0 Å². The normalized spacial score (nSPS) is 16.8. The predicted molar refractivity (Wildman–Crippen MR) is 69.3 cm³/mol. The van der Waals surface area contributed by atoms with E-state index in [0.29, 0.717) is 36.1 Å². The summed E-state index contributed by atoms with van der Waals surface area (Å²) in [5, 5.41) is 3.44. The van der Waals surface area contributed by atoms with Crippen molar-refractivity contribution >= 4 is 17.5 Å². The Kier molecular flexibility index (Phi) is 3.78. The van der Waals surface area contributed by atoms with Crippen molar-refractivity contribution in [2.45, 2.75) is 6.92 Å². The van der Waals surface area contributed by atoms with Crippen molar-refractivity contribution in [3.8, 4) is 5.75 Å². The second kappa shape index (κ2) is 5.16. The van der Waals surface area contributed by atoms with E-state index in [4.69, 9.17) is 21.1 Å². The van der Waals surface area contributed by atoms with Crippen LogP contribution in [0, 0.1) is 5.41 Å². The number of carbonyl (C=O) groups is 1. The maximum Gasteiger partial charge on any atom is 0.255 e. The Labute approximate surface area is 111 Å². The van der Waals surface area contributed by atoms with Gasteiger partial charge < -0.3 is 14.8 Å². The third-order valence-corrected chi connectivity index (χ3v) is 3.22. The van der Waals surface area contributed by atoms with Crippen LogP contribution in [0.5, 0.6) is 5.75 Å². The summed E-state index contributed by atoms with van der Waals surface area (Å²) in [6.07, 6.45) is 0. The van der Waals surface area contributed by atoms with E-state index in [1.54, 1.807) is 18.2 Å². The summed E-state index contributed by atoms with van der Waals surface area (Å²) in [7, 11) is 1.52. The molecule has 0 saturated carbocycles. The molecule has 1 aliphatic heterocycles. The van der Waals surface area contributed by atoms with E-state index in [2.05, 4.69) is 12.2 Å². The molecule has 1 saturated heterocycles. The lowest BCUT2D eigenvalue weighted by molar-refractivity contribution is -0.0978. The van der Waals surface area contributed by atoms with Crippen molar-refractivity contribution in [3.63, 3.8) is 0 Å². The minimum Gasteiger partial charge on any atom is -0.496 e. The Bertz CT molecular complexity index is 458. The lowest BCUT2D eigenvalue weighted by Gasteiger charge is -2.38. The summed E-state index contributed by atoms with van der Waals surface area (Å²) in [4.78, 5) is 12.0. The van der Waals surface area contributed by atoms with Gasteiger partial charge in [-0.15, -0.1) is 0 Å². The van der Waals surface area contributed by atoms with Crippen LogP contribution in [0.3, 0.4) is 0 Å². The van der Waals surface area contributed by atoms with Gasteiger partial charge in [-0.25, -0.2) is 0 Å². The molecule has 98 valence electrons. The zero-order valence-corrected chi connectivity index (χ0v) is 11.2. The molecule has 1 N–H and O–H groups in total. The molecule has 1 aliphatic rings. The van der Waals surface area contributed by atoms with Gasteiger partial charge in [0.25, 0.3) is 5.91 Å².